The molecular formula is C13H17ClN2O2. The Bertz CT molecular complexity index is 449. The Morgan fingerprint density at radius 2 is 2.39 bits per heavy atom. The summed E-state index contributed by atoms with van der Waals surface area (Å²) in [7, 11) is 0. The lowest BCUT2D eigenvalue weighted by Crippen LogP contribution is -2.25. The average Bonchev–Trinajstić information content (AvgIpc) is 2.36. The van der Waals surface area contributed by atoms with Gasteiger partial charge >= 0.3 is 5.97 Å². The van der Waals surface area contributed by atoms with E-state index >= 15 is 0 Å². The van der Waals surface area contributed by atoms with Crippen LogP contribution < -0.4 is 10.6 Å². The molecule has 0 aliphatic carbocycles. The van der Waals surface area contributed by atoms with E-state index in [0.717, 1.165) is 30.2 Å². The summed E-state index contributed by atoms with van der Waals surface area (Å²) in [6.45, 7) is 4.18. The number of halogens is 1. The molecule has 0 aromatic heterocycles. The Morgan fingerprint density at radius 3 is 3.17 bits per heavy atom. The van der Waals surface area contributed by atoms with E-state index < -0.39 is 0 Å². The Morgan fingerprint density at radius 1 is 1.56 bits per heavy atom. The number of ether oxygens (including phenoxy) is 1. The number of carbonyl (C=O) groups is 1. The molecule has 4 nitrogen and oxygen atoms in total. The smallest absolute Gasteiger partial charge is 0.302 e. The summed E-state index contributed by atoms with van der Waals surface area (Å²) in [5.74, 6) is -0.262. The summed E-state index contributed by atoms with van der Waals surface area (Å²) in [5.41, 5.74) is 3.52. The minimum atomic E-state index is -0.262. The number of benzene rings is 1. The van der Waals surface area contributed by atoms with Crippen molar-refractivity contribution in [2.24, 2.45) is 0 Å². The van der Waals surface area contributed by atoms with E-state index in [1.807, 2.05) is 6.07 Å². The Balaban J connectivity index is 2.04. The first-order valence-electron chi connectivity index (χ1n) is 6.06. The van der Waals surface area contributed by atoms with Gasteiger partial charge in [0.15, 0.2) is 0 Å². The van der Waals surface area contributed by atoms with Gasteiger partial charge in [0, 0.05) is 20.0 Å². The highest BCUT2D eigenvalue weighted by Gasteiger charge is 2.15. The number of nitrogens with one attached hydrogen (secondary N) is 2. The third-order valence-corrected chi connectivity index (χ3v) is 3.25. The number of carbonyl (C=O) groups excluding carboxylic acids is 1. The van der Waals surface area contributed by atoms with E-state index in [1.165, 1.54) is 18.1 Å². The van der Waals surface area contributed by atoms with Gasteiger partial charge in [-0.25, -0.2) is 0 Å². The van der Waals surface area contributed by atoms with Crippen molar-refractivity contribution in [2.75, 3.05) is 25.0 Å². The highest BCUT2D eigenvalue weighted by atomic mass is 35.5. The number of hydrogen-bond acceptors (Lipinski definition) is 4. The fourth-order valence-corrected chi connectivity index (χ4v) is 2.36. The van der Waals surface area contributed by atoms with Crippen molar-refractivity contribution >= 4 is 23.3 Å². The zero-order chi connectivity index (χ0) is 13.0. The van der Waals surface area contributed by atoms with Crippen LogP contribution in [0.1, 0.15) is 18.1 Å². The van der Waals surface area contributed by atoms with E-state index in [2.05, 4.69) is 16.7 Å². The third-order valence-electron chi connectivity index (χ3n) is 2.94. The minimum absolute atomic E-state index is 0.262. The average molecular weight is 269 g/mol. The Kier molecular flexibility index (Phi) is 4.44. The van der Waals surface area contributed by atoms with Gasteiger partial charge in [0.1, 0.15) is 6.61 Å². The summed E-state index contributed by atoms with van der Waals surface area (Å²) in [4.78, 5) is 10.7. The second kappa shape index (κ2) is 6.07. The molecule has 0 atom stereocenters. The SMILES string of the molecule is CC(=O)OCCNc1c(Cl)ccc2c1CCNC2. The van der Waals surface area contributed by atoms with Gasteiger partial charge in [-0.3, -0.25) is 4.79 Å². The number of esters is 1. The summed E-state index contributed by atoms with van der Waals surface area (Å²) in [6, 6.07) is 3.96. The predicted octanol–water partition coefficient (Wildman–Crippen LogP) is 1.96. The number of fused-ring (bicyclic) bond motifs is 1. The molecular weight excluding hydrogens is 252 g/mol. The molecule has 0 amide bonds. The van der Waals surface area contributed by atoms with E-state index in [0.29, 0.717) is 13.2 Å². The van der Waals surface area contributed by atoms with Gasteiger partial charge in [-0.1, -0.05) is 17.7 Å². The van der Waals surface area contributed by atoms with Crippen LogP contribution in [0, 0.1) is 0 Å². The van der Waals surface area contributed by atoms with Gasteiger partial charge in [-0.05, 0) is 30.2 Å². The number of rotatable bonds is 4. The van der Waals surface area contributed by atoms with Gasteiger partial charge in [0.05, 0.1) is 10.7 Å². The van der Waals surface area contributed by atoms with E-state index in [-0.39, 0.29) is 5.97 Å². The van der Waals surface area contributed by atoms with Crippen LogP contribution in [0.4, 0.5) is 5.69 Å². The van der Waals surface area contributed by atoms with E-state index in [4.69, 9.17) is 16.3 Å². The van der Waals surface area contributed by atoms with Crippen LogP contribution in [0.5, 0.6) is 0 Å². The van der Waals surface area contributed by atoms with Gasteiger partial charge in [-0.15, -0.1) is 0 Å². The summed E-state index contributed by atoms with van der Waals surface area (Å²) in [6.07, 6.45) is 0.964. The molecule has 0 saturated carbocycles. The summed E-state index contributed by atoms with van der Waals surface area (Å²) < 4.78 is 4.89. The molecule has 0 spiro atoms. The van der Waals surface area contributed by atoms with Crippen molar-refractivity contribution in [1.82, 2.24) is 5.32 Å². The maximum absolute atomic E-state index is 10.7. The molecule has 2 N–H and O–H groups in total. The van der Waals surface area contributed by atoms with Gasteiger partial charge in [-0.2, -0.15) is 0 Å². The molecule has 0 unspecified atom stereocenters. The molecule has 98 valence electrons. The van der Waals surface area contributed by atoms with Crippen LogP contribution in [0.15, 0.2) is 12.1 Å². The second-order valence-corrected chi connectivity index (χ2v) is 4.66. The van der Waals surface area contributed by atoms with Gasteiger partial charge in [0.2, 0.25) is 0 Å². The van der Waals surface area contributed by atoms with Crippen molar-refractivity contribution in [3.05, 3.63) is 28.3 Å². The van der Waals surface area contributed by atoms with Crippen LogP contribution in [0.25, 0.3) is 0 Å². The standard InChI is InChI=1S/C13H17ClN2O2/c1-9(17)18-7-6-16-13-11-4-5-15-8-10(11)2-3-12(13)14/h2-3,15-16H,4-8H2,1H3. The monoisotopic (exact) mass is 268 g/mol. The van der Waals surface area contributed by atoms with E-state index in [9.17, 15) is 4.79 Å². The Labute approximate surface area is 112 Å². The quantitative estimate of drug-likeness (QED) is 0.647. The summed E-state index contributed by atoms with van der Waals surface area (Å²) >= 11 is 6.21. The zero-order valence-corrected chi connectivity index (χ0v) is 11.1. The minimum Gasteiger partial charge on any atom is -0.464 e. The van der Waals surface area contributed by atoms with Crippen LogP contribution in [-0.4, -0.2) is 25.7 Å². The first-order chi connectivity index (χ1) is 8.68. The molecule has 0 fully saturated rings. The third kappa shape index (κ3) is 3.15. The topological polar surface area (TPSA) is 50.4 Å². The summed E-state index contributed by atoms with van der Waals surface area (Å²) in [5, 5.41) is 7.31. The predicted molar refractivity (Wildman–Crippen MR) is 72.0 cm³/mol. The van der Waals surface area contributed by atoms with Crippen LogP contribution in [-0.2, 0) is 22.5 Å². The van der Waals surface area contributed by atoms with Crippen LogP contribution in [0.3, 0.4) is 0 Å². The van der Waals surface area contributed by atoms with Crippen molar-refractivity contribution < 1.29 is 9.53 Å². The number of anilines is 1. The largest absolute Gasteiger partial charge is 0.464 e. The first kappa shape index (κ1) is 13.2. The maximum Gasteiger partial charge on any atom is 0.302 e. The van der Waals surface area contributed by atoms with Crippen molar-refractivity contribution in [2.45, 2.75) is 19.9 Å². The lowest BCUT2D eigenvalue weighted by atomic mass is 9.99. The maximum atomic E-state index is 10.7. The molecule has 18 heavy (non-hydrogen) atoms. The second-order valence-electron chi connectivity index (χ2n) is 4.25. The number of hydrogen-bond donors (Lipinski definition) is 2. The highest BCUT2D eigenvalue weighted by Crippen LogP contribution is 2.30. The van der Waals surface area contributed by atoms with Crippen molar-refractivity contribution in [3.63, 3.8) is 0 Å². The molecule has 1 aromatic rings. The molecule has 0 radical (unpaired) electrons. The molecule has 1 aliphatic rings. The fourth-order valence-electron chi connectivity index (χ4n) is 2.11. The lowest BCUT2D eigenvalue weighted by Gasteiger charge is -2.22. The van der Waals surface area contributed by atoms with Crippen molar-refractivity contribution in [3.8, 4) is 0 Å². The molecule has 5 heteroatoms. The van der Waals surface area contributed by atoms with Crippen molar-refractivity contribution in [1.29, 1.82) is 0 Å². The lowest BCUT2D eigenvalue weighted by molar-refractivity contribution is -0.140. The highest BCUT2D eigenvalue weighted by molar-refractivity contribution is 6.33. The van der Waals surface area contributed by atoms with Crippen LogP contribution >= 0.6 is 11.6 Å². The normalized spacial score (nSPS) is 13.9. The molecule has 2 rings (SSSR count). The fraction of sp³-hybridized carbons (Fsp3) is 0.462. The van der Waals surface area contributed by atoms with Gasteiger partial charge in [0.25, 0.3) is 0 Å². The molecule has 1 aliphatic heterocycles. The molecule has 0 saturated heterocycles. The molecule has 1 aromatic carbocycles. The Hall–Kier alpha value is -1.26. The van der Waals surface area contributed by atoms with Gasteiger partial charge < -0.3 is 15.4 Å². The van der Waals surface area contributed by atoms with Crippen LogP contribution in [0.2, 0.25) is 5.02 Å². The first-order valence-corrected chi connectivity index (χ1v) is 6.44. The molecule has 0 bridgehead atoms. The van der Waals surface area contributed by atoms with E-state index in [1.54, 1.807) is 0 Å². The molecule has 1 heterocycles. The zero-order valence-electron chi connectivity index (χ0n) is 10.4.